The maximum Gasteiger partial charge on any atom is 0.0741 e. The van der Waals surface area contributed by atoms with Gasteiger partial charge >= 0.3 is 0 Å². The molecule has 0 amide bonds. The van der Waals surface area contributed by atoms with Gasteiger partial charge in [0.1, 0.15) is 0 Å². The minimum atomic E-state index is 0.352. The molecule has 17 heavy (non-hydrogen) atoms. The van der Waals surface area contributed by atoms with Crippen LogP contribution >= 0.6 is 0 Å². The van der Waals surface area contributed by atoms with E-state index in [4.69, 9.17) is 0 Å². The average Bonchev–Trinajstić information content (AvgIpc) is 2.35. The van der Waals surface area contributed by atoms with Crippen molar-refractivity contribution in [2.24, 2.45) is 5.92 Å². The summed E-state index contributed by atoms with van der Waals surface area (Å²) in [4.78, 5) is 2.42. The summed E-state index contributed by atoms with van der Waals surface area (Å²) in [6.45, 7) is 11.0. The van der Waals surface area contributed by atoms with Crippen LogP contribution in [0.1, 0.15) is 33.3 Å². The molecule has 1 unspecified atom stereocenters. The Kier molecular flexibility index (Phi) is 5.80. The summed E-state index contributed by atoms with van der Waals surface area (Å²) in [7, 11) is 0. The predicted octanol–water partition coefficient (Wildman–Crippen LogP) is 3.40. The van der Waals surface area contributed by atoms with Crippen LogP contribution in [0.4, 0.5) is 0 Å². The van der Waals surface area contributed by atoms with Crippen molar-refractivity contribution in [3.8, 4) is 11.8 Å². The van der Waals surface area contributed by atoms with Gasteiger partial charge in [-0.3, -0.25) is 4.90 Å². The summed E-state index contributed by atoms with van der Waals surface area (Å²) in [6.07, 6.45) is 0. The van der Waals surface area contributed by atoms with Crippen molar-refractivity contribution >= 4 is 0 Å². The predicted molar refractivity (Wildman–Crippen MR) is 74.9 cm³/mol. The Bertz CT molecular complexity index is 366. The van der Waals surface area contributed by atoms with Crippen molar-refractivity contribution in [2.45, 2.75) is 33.7 Å². The molecule has 0 N–H and O–H groups in total. The van der Waals surface area contributed by atoms with Crippen LogP contribution in [0.5, 0.6) is 0 Å². The Hall–Kier alpha value is -1.26. The number of benzene rings is 1. The standard InChI is InChI=1S/C16H23N/c1-5-17(6-2)16(14(3)4)13-12-15-10-8-7-9-11-15/h7-11,14,16H,5-6H2,1-4H3. The van der Waals surface area contributed by atoms with Crippen LogP contribution in [-0.4, -0.2) is 24.0 Å². The van der Waals surface area contributed by atoms with Gasteiger partial charge < -0.3 is 0 Å². The van der Waals surface area contributed by atoms with Crippen LogP contribution in [-0.2, 0) is 0 Å². The van der Waals surface area contributed by atoms with E-state index in [1.165, 1.54) is 0 Å². The molecule has 0 aromatic heterocycles. The molecular weight excluding hydrogens is 206 g/mol. The topological polar surface area (TPSA) is 3.24 Å². The van der Waals surface area contributed by atoms with Crippen LogP contribution in [0.3, 0.4) is 0 Å². The van der Waals surface area contributed by atoms with Gasteiger partial charge in [-0.2, -0.15) is 0 Å². The van der Waals surface area contributed by atoms with E-state index in [9.17, 15) is 0 Å². The van der Waals surface area contributed by atoms with E-state index in [2.05, 4.69) is 56.6 Å². The molecule has 1 aromatic carbocycles. The normalized spacial score (nSPS) is 12.4. The molecule has 1 heteroatoms. The first-order valence-corrected chi connectivity index (χ1v) is 6.49. The Morgan fingerprint density at radius 1 is 1.06 bits per heavy atom. The third-order valence-corrected chi connectivity index (χ3v) is 2.98. The van der Waals surface area contributed by atoms with Gasteiger partial charge in [0.05, 0.1) is 6.04 Å². The van der Waals surface area contributed by atoms with Crippen LogP contribution in [0, 0.1) is 17.8 Å². The quantitative estimate of drug-likeness (QED) is 0.715. The van der Waals surface area contributed by atoms with Gasteiger partial charge in [-0.15, -0.1) is 0 Å². The van der Waals surface area contributed by atoms with Gasteiger partial charge in [-0.05, 0) is 31.1 Å². The minimum Gasteiger partial charge on any atom is -0.290 e. The van der Waals surface area contributed by atoms with Crippen LogP contribution < -0.4 is 0 Å². The smallest absolute Gasteiger partial charge is 0.0741 e. The van der Waals surface area contributed by atoms with Gasteiger partial charge in [0.2, 0.25) is 0 Å². The van der Waals surface area contributed by atoms with E-state index in [1.807, 2.05) is 18.2 Å². The second-order valence-electron chi connectivity index (χ2n) is 4.55. The molecule has 1 aromatic rings. The number of hydrogen-bond acceptors (Lipinski definition) is 1. The lowest BCUT2D eigenvalue weighted by Gasteiger charge is -2.28. The number of rotatable bonds is 4. The molecule has 0 heterocycles. The molecule has 0 aliphatic rings. The van der Waals surface area contributed by atoms with Gasteiger partial charge in [0.15, 0.2) is 0 Å². The van der Waals surface area contributed by atoms with Crippen LogP contribution in [0.2, 0.25) is 0 Å². The molecule has 0 fully saturated rings. The van der Waals surface area contributed by atoms with Crippen molar-refractivity contribution < 1.29 is 0 Å². The molecule has 1 rings (SSSR count). The van der Waals surface area contributed by atoms with E-state index in [0.29, 0.717) is 12.0 Å². The van der Waals surface area contributed by atoms with Gasteiger partial charge in [-0.25, -0.2) is 0 Å². The lowest BCUT2D eigenvalue weighted by Crippen LogP contribution is -2.37. The average molecular weight is 229 g/mol. The second-order valence-corrected chi connectivity index (χ2v) is 4.55. The SMILES string of the molecule is CCN(CC)C(C#Cc1ccccc1)C(C)C. The van der Waals surface area contributed by atoms with Crippen LogP contribution in [0.25, 0.3) is 0 Å². The van der Waals surface area contributed by atoms with E-state index in [0.717, 1.165) is 18.7 Å². The minimum absolute atomic E-state index is 0.352. The fourth-order valence-electron chi connectivity index (χ4n) is 1.98. The highest BCUT2D eigenvalue weighted by molar-refractivity contribution is 5.34. The van der Waals surface area contributed by atoms with Gasteiger partial charge in [0, 0.05) is 5.56 Å². The maximum atomic E-state index is 3.41. The summed E-state index contributed by atoms with van der Waals surface area (Å²) < 4.78 is 0. The fraction of sp³-hybridized carbons (Fsp3) is 0.500. The van der Waals surface area contributed by atoms with E-state index >= 15 is 0 Å². The first-order valence-electron chi connectivity index (χ1n) is 6.49. The molecule has 0 bridgehead atoms. The zero-order valence-corrected chi connectivity index (χ0v) is 11.4. The van der Waals surface area contributed by atoms with Gasteiger partial charge in [-0.1, -0.05) is 57.7 Å². The Morgan fingerprint density at radius 2 is 1.65 bits per heavy atom. The second kappa shape index (κ2) is 7.14. The zero-order valence-electron chi connectivity index (χ0n) is 11.4. The molecule has 1 atom stereocenters. The van der Waals surface area contributed by atoms with E-state index in [1.54, 1.807) is 0 Å². The molecule has 0 radical (unpaired) electrons. The molecule has 92 valence electrons. The zero-order chi connectivity index (χ0) is 12.7. The highest BCUT2D eigenvalue weighted by Gasteiger charge is 2.16. The Morgan fingerprint density at radius 3 is 2.12 bits per heavy atom. The molecule has 0 aliphatic heterocycles. The summed E-state index contributed by atoms with van der Waals surface area (Å²) in [5, 5.41) is 0. The molecule has 0 aliphatic carbocycles. The summed E-state index contributed by atoms with van der Waals surface area (Å²) in [6, 6.07) is 10.6. The van der Waals surface area contributed by atoms with Crippen LogP contribution in [0.15, 0.2) is 30.3 Å². The molecule has 0 saturated carbocycles. The molecule has 1 nitrogen and oxygen atoms in total. The first kappa shape index (κ1) is 13.8. The van der Waals surface area contributed by atoms with Crippen molar-refractivity contribution in [1.29, 1.82) is 0 Å². The van der Waals surface area contributed by atoms with Crippen molar-refractivity contribution in [3.63, 3.8) is 0 Å². The maximum absolute atomic E-state index is 3.41. The first-order chi connectivity index (χ1) is 8.19. The Labute approximate surface area is 106 Å². The van der Waals surface area contributed by atoms with Crippen molar-refractivity contribution in [2.75, 3.05) is 13.1 Å². The fourth-order valence-corrected chi connectivity index (χ4v) is 1.98. The monoisotopic (exact) mass is 229 g/mol. The van der Waals surface area contributed by atoms with E-state index in [-0.39, 0.29) is 0 Å². The lowest BCUT2D eigenvalue weighted by molar-refractivity contribution is 0.217. The van der Waals surface area contributed by atoms with Crippen molar-refractivity contribution in [3.05, 3.63) is 35.9 Å². The highest BCUT2D eigenvalue weighted by atomic mass is 15.1. The molecular formula is C16H23N. The van der Waals surface area contributed by atoms with Crippen molar-refractivity contribution in [1.82, 2.24) is 4.90 Å². The lowest BCUT2D eigenvalue weighted by atomic mass is 10.0. The summed E-state index contributed by atoms with van der Waals surface area (Å²) in [5.41, 5.74) is 1.10. The third-order valence-electron chi connectivity index (χ3n) is 2.98. The van der Waals surface area contributed by atoms with E-state index < -0.39 is 0 Å². The summed E-state index contributed by atoms with van der Waals surface area (Å²) in [5.74, 6) is 7.26. The summed E-state index contributed by atoms with van der Waals surface area (Å²) >= 11 is 0. The third kappa shape index (κ3) is 4.24. The molecule has 0 saturated heterocycles. The largest absolute Gasteiger partial charge is 0.290 e. The number of nitrogens with zero attached hydrogens (tertiary/aromatic N) is 1. The highest BCUT2D eigenvalue weighted by Crippen LogP contribution is 2.10. The molecule has 0 spiro atoms. The number of hydrogen-bond donors (Lipinski definition) is 0. The van der Waals surface area contributed by atoms with Gasteiger partial charge in [0.25, 0.3) is 0 Å². The Balaban J connectivity index is 2.84.